The number of anilines is 1. The summed E-state index contributed by atoms with van der Waals surface area (Å²) in [6.07, 6.45) is 1.72. The Labute approximate surface area is 110 Å². The van der Waals surface area contributed by atoms with Gasteiger partial charge in [0, 0.05) is 12.1 Å². The monoisotopic (exact) mass is 261 g/mol. The van der Waals surface area contributed by atoms with Crippen molar-refractivity contribution < 1.29 is 4.92 Å². The number of nitro groups is 1. The first kappa shape index (κ1) is 13.0. The summed E-state index contributed by atoms with van der Waals surface area (Å²) in [6.45, 7) is 2.48. The minimum atomic E-state index is -0.411. The summed E-state index contributed by atoms with van der Waals surface area (Å²) < 4.78 is 1.69. The average Bonchev–Trinajstić information content (AvgIpc) is 2.72. The molecule has 19 heavy (non-hydrogen) atoms. The lowest BCUT2D eigenvalue weighted by molar-refractivity contribution is -0.384. The SMILES string of the molecule is CCCc1c(N)nnn1Cc1cccc([N+](=O)[O-])c1. The van der Waals surface area contributed by atoms with E-state index in [0.717, 1.165) is 24.1 Å². The highest BCUT2D eigenvalue weighted by Crippen LogP contribution is 2.16. The Hall–Kier alpha value is -2.44. The van der Waals surface area contributed by atoms with Gasteiger partial charge in [-0.25, -0.2) is 4.68 Å². The molecule has 0 aliphatic rings. The highest BCUT2D eigenvalue weighted by Gasteiger charge is 2.11. The van der Waals surface area contributed by atoms with Crippen molar-refractivity contribution in [3.05, 3.63) is 45.6 Å². The van der Waals surface area contributed by atoms with Crippen molar-refractivity contribution in [3.8, 4) is 0 Å². The quantitative estimate of drug-likeness (QED) is 0.653. The molecule has 0 bridgehead atoms. The van der Waals surface area contributed by atoms with Gasteiger partial charge in [0.1, 0.15) is 0 Å². The minimum absolute atomic E-state index is 0.0719. The molecule has 0 amide bonds. The van der Waals surface area contributed by atoms with Gasteiger partial charge in [0.05, 0.1) is 17.2 Å². The van der Waals surface area contributed by atoms with Gasteiger partial charge in [0.25, 0.3) is 5.69 Å². The molecule has 0 radical (unpaired) electrons. The molecule has 2 rings (SSSR count). The predicted octanol–water partition coefficient (Wildman–Crippen LogP) is 1.77. The highest BCUT2D eigenvalue weighted by molar-refractivity contribution is 5.36. The number of rotatable bonds is 5. The van der Waals surface area contributed by atoms with Crippen LogP contribution in [-0.2, 0) is 13.0 Å². The molecule has 0 fully saturated rings. The van der Waals surface area contributed by atoms with Gasteiger partial charge in [-0.3, -0.25) is 10.1 Å². The van der Waals surface area contributed by atoms with E-state index in [-0.39, 0.29) is 5.69 Å². The van der Waals surface area contributed by atoms with Crippen LogP contribution in [0, 0.1) is 10.1 Å². The van der Waals surface area contributed by atoms with Crippen LogP contribution < -0.4 is 5.73 Å². The first-order chi connectivity index (χ1) is 9.11. The molecule has 0 aliphatic carbocycles. The van der Waals surface area contributed by atoms with Crippen LogP contribution in [0.1, 0.15) is 24.6 Å². The van der Waals surface area contributed by atoms with E-state index in [9.17, 15) is 10.1 Å². The number of benzene rings is 1. The van der Waals surface area contributed by atoms with Crippen molar-refractivity contribution in [1.82, 2.24) is 15.0 Å². The van der Waals surface area contributed by atoms with Gasteiger partial charge >= 0.3 is 0 Å². The number of nitro benzene ring substituents is 1. The standard InChI is InChI=1S/C12H15N5O2/c1-2-4-11-12(13)14-15-16(11)8-9-5-3-6-10(7-9)17(18)19/h3,5-7H,2,4,8,13H2,1H3. The van der Waals surface area contributed by atoms with E-state index in [4.69, 9.17) is 5.73 Å². The molecule has 100 valence electrons. The maximum Gasteiger partial charge on any atom is 0.269 e. The molecule has 1 aromatic heterocycles. The van der Waals surface area contributed by atoms with Gasteiger partial charge in [-0.15, -0.1) is 5.10 Å². The van der Waals surface area contributed by atoms with E-state index in [1.54, 1.807) is 10.7 Å². The van der Waals surface area contributed by atoms with Crippen LogP contribution in [0.5, 0.6) is 0 Å². The van der Waals surface area contributed by atoms with E-state index < -0.39 is 4.92 Å². The summed E-state index contributed by atoms with van der Waals surface area (Å²) in [5, 5.41) is 18.6. The molecule has 0 unspecified atom stereocenters. The largest absolute Gasteiger partial charge is 0.381 e. The topological polar surface area (TPSA) is 99.9 Å². The van der Waals surface area contributed by atoms with Crippen LogP contribution in [0.2, 0.25) is 0 Å². The fourth-order valence-electron chi connectivity index (χ4n) is 1.91. The Bertz CT molecular complexity index is 594. The molecule has 1 aromatic carbocycles. The first-order valence-electron chi connectivity index (χ1n) is 6.03. The summed E-state index contributed by atoms with van der Waals surface area (Å²) in [4.78, 5) is 10.3. The van der Waals surface area contributed by atoms with Crippen LogP contribution in [0.25, 0.3) is 0 Å². The molecular formula is C12H15N5O2. The molecule has 0 saturated carbocycles. The molecule has 2 aromatic rings. The van der Waals surface area contributed by atoms with E-state index in [2.05, 4.69) is 10.3 Å². The fourth-order valence-corrected chi connectivity index (χ4v) is 1.91. The number of non-ortho nitro benzene ring substituents is 1. The second-order valence-corrected chi connectivity index (χ2v) is 4.26. The Morgan fingerprint density at radius 2 is 2.26 bits per heavy atom. The van der Waals surface area contributed by atoms with Crippen molar-refractivity contribution in [2.45, 2.75) is 26.3 Å². The van der Waals surface area contributed by atoms with Crippen molar-refractivity contribution >= 4 is 11.5 Å². The zero-order valence-corrected chi connectivity index (χ0v) is 10.6. The van der Waals surface area contributed by atoms with E-state index in [0.29, 0.717) is 12.4 Å². The molecule has 2 N–H and O–H groups in total. The minimum Gasteiger partial charge on any atom is -0.381 e. The lowest BCUT2D eigenvalue weighted by atomic mass is 10.2. The van der Waals surface area contributed by atoms with Crippen LogP contribution in [0.15, 0.2) is 24.3 Å². The summed E-state index contributed by atoms with van der Waals surface area (Å²) in [5.41, 5.74) is 7.50. The fraction of sp³-hybridized carbons (Fsp3) is 0.333. The number of aromatic nitrogens is 3. The first-order valence-corrected chi connectivity index (χ1v) is 6.03. The molecule has 0 spiro atoms. The molecule has 0 saturated heterocycles. The Morgan fingerprint density at radius 1 is 1.47 bits per heavy atom. The summed E-state index contributed by atoms with van der Waals surface area (Å²) >= 11 is 0. The van der Waals surface area contributed by atoms with Crippen molar-refractivity contribution in [2.24, 2.45) is 0 Å². The zero-order valence-electron chi connectivity index (χ0n) is 10.6. The summed E-state index contributed by atoms with van der Waals surface area (Å²) in [5.74, 6) is 0.423. The molecular weight excluding hydrogens is 246 g/mol. The third-order valence-corrected chi connectivity index (χ3v) is 2.81. The van der Waals surface area contributed by atoms with Crippen LogP contribution >= 0.6 is 0 Å². The normalized spacial score (nSPS) is 10.6. The van der Waals surface area contributed by atoms with Crippen molar-refractivity contribution in [3.63, 3.8) is 0 Å². The van der Waals surface area contributed by atoms with E-state index >= 15 is 0 Å². The average molecular weight is 261 g/mol. The Kier molecular flexibility index (Phi) is 3.74. The summed E-state index contributed by atoms with van der Waals surface area (Å²) in [6, 6.07) is 6.48. The molecule has 0 atom stereocenters. The van der Waals surface area contributed by atoms with Crippen LogP contribution in [0.3, 0.4) is 0 Å². The van der Waals surface area contributed by atoms with E-state index in [1.165, 1.54) is 12.1 Å². The number of nitrogens with two attached hydrogens (primary N) is 1. The molecule has 7 heteroatoms. The van der Waals surface area contributed by atoms with Gasteiger partial charge in [-0.2, -0.15) is 0 Å². The molecule has 7 nitrogen and oxygen atoms in total. The van der Waals surface area contributed by atoms with Gasteiger partial charge < -0.3 is 5.73 Å². The van der Waals surface area contributed by atoms with Crippen molar-refractivity contribution in [1.29, 1.82) is 0 Å². The maximum atomic E-state index is 10.7. The number of nitrogen functional groups attached to an aromatic ring is 1. The highest BCUT2D eigenvalue weighted by atomic mass is 16.6. The molecule has 1 heterocycles. The number of hydrogen-bond donors (Lipinski definition) is 1. The second-order valence-electron chi connectivity index (χ2n) is 4.26. The Balaban J connectivity index is 2.26. The number of nitrogens with zero attached hydrogens (tertiary/aromatic N) is 4. The molecule has 0 aliphatic heterocycles. The summed E-state index contributed by atoms with van der Waals surface area (Å²) in [7, 11) is 0. The zero-order chi connectivity index (χ0) is 13.8. The third-order valence-electron chi connectivity index (χ3n) is 2.81. The van der Waals surface area contributed by atoms with Gasteiger partial charge in [-0.1, -0.05) is 30.7 Å². The smallest absolute Gasteiger partial charge is 0.269 e. The lowest BCUT2D eigenvalue weighted by Gasteiger charge is -2.06. The Morgan fingerprint density at radius 3 is 2.95 bits per heavy atom. The second kappa shape index (κ2) is 5.47. The van der Waals surface area contributed by atoms with E-state index in [1.807, 2.05) is 13.0 Å². The van der Waals surface area contributed by atoms with Gasteiger partial charge in [0.2, 0.25) is 0 Å². The van der Waals surface area contributed by atoms with Crippen LogP contribution in [-0.4, -0.2) is 19.9 Å². The predicted molar refractivity (Wildman–Crippen MR) is 70.6 cm³/mol. The maximum absolute atomic E-state index is 10.7. The van der Waals surface area contributed by atoms with Gasteiger partial charge in [-0.05, 0) is 12.0 Å². The van der Waals surface area contributed by atoms with Gasteiger partial charge in [0.15, 0.2) is 5.82 Å². The third kappa shape index (κ3) is 2.87. The number of hydrogen-bond acceptors (Lipinski definition) is 5. The van der Waals surface area contributed by atoms with Crippen LogP contribution in [0.4, 0.5) is 11.5 Å². The lowest BCUT2D eigenvalue weighted by Crippen LogP contribution is -2.07. The van der Waals surface area contributed by atoms with Crippen molar-refractivity contribution in [2.75, 3.05) is 5.73 Å².